The molecule has 0 saturated carbocycles. The molecule has 2 rings (SSSR count). The highest BCUT2D eigenvalue weighted by molar-refractivity contribution is 5.95. The molecule has 0 aliphatic carbocycles. The molecule has 20 heavy (non-hydrogen) atoms. The predicted octanol–water partition coefficient (Wildman–Crippen LogP) is 4.11. The van der Waals surface area contributed by atoms with E-state index in [2.05, 4.69) is 11.6 Å². The number of rotatable bonds is 5. The fraction of sp³-hybridized carbons (Fsp3) is 0.125. The number of hydrogen-bond donors (Lipinski definition) is 3. The van der Waals surface area contributed by atoms with Crippen molar-refractivity contribution in [3.05, 3.63) is 66.5 Å². The van der Waals surface area contributed by atoms with E-state index in [1.165, 1.54) is 0 Å². The number of fused-ring (bicyclic) bond motifs is 1. The van der Waals surface area contributed by atoms with E-state index in [4.69, 9.17) is 0 Å². The van der Waals surface area contributed by atoms with E-state index in [9.17, 15) is 10.4 Å². The van der Waals surface area contributed by atoms with Gasteiger partial charge in [0.2, 0.25) is 0 Å². The van der Waals surface area contributed by atoms with Crippen molar-refractivity contribution in [3.8, 4) is 0 Å². The van der Waals surface area contributed by atoms with Gasteiger partial charge in [-0.25, -0.2) is 0 Å². The highest BCUT2D eigenvalue weighted by Crippen LogP contribution is 2.30. The van der Waals surface area contributed by atoms with Gasteiger partial charge in [0.15, 0.2) is 0 Å². The molecule has 4 heteroatoms. The Bertz CT molecular complexity index is 666. The Hall–Kier alpha value is -2.30. The van der Waals surface area contributed by atoms with Gasteiger partial charge in [0, 0.05) is 28.2 Å². The van der Waals surface area contributed by atoms with Crippen LogP contribution in [0, 0.1) is 0 Å². The maximum atomic E-state index is 9.41. The van der Waals surface area contributed by atoms with E-state index in [1.54, 1.807) is 12.2 Å². The van der Waals surface area contributed by atoms with Gasteiger partial charge in [-0.3, -0.25) is 10.4 Å². The molecule has 104 valence electrons. The van der Waals surface area contributed by atoms with Crippen LogP contribution in [0.3, 0.4) is 0 Å². The van der Waals surface area contributed by atoms with Gasteiger partial charge >= 0.3 is 0 Å². The van der Waals surface area contributed by atoms with Crippen LogP contribution < -0.4 is 0 Å². The zero-order valence-corrected chi connectivity index (χ0v) is 11.4. The van der Waals surface area contributed by atoms with E-state index >= 15 is 0 Å². The topological polar surface area (TPSA) is 59.5 Å². The number of nitrogens with one attached hydrogen (secondary N) is 1. The Labute approximate surface area is 117 Å². The number of benzene rings is 1. The maximum Gasteiger partial charge on any atom is 0.0792 e. The molecule has 1 aromatic carbocycles. The van der Waals surface area contributed by atoms with E-state index in [0.717, 1.165) is 22.0 Å². The summed E-state index contributed by atoms with van der Waals surface area (Å²) in [7, 11) is 0. The third-order valence-corrected chi connectivity index (χ3v) is 3.17. The predicted molar refractivity (Wildman–Crippen MR) is 80.3 cm³/mol. The SMILES string of the molecule is C=C/C=C\C(=C(/CC)N(O)O)c1c[nH]c2ccccc12. The molecule has 0 fully saturated rings. The molecule has 4 nitrogen and oxygen atoms in total. The van der Waals surface area contributed by atoms with Crippen molar-refractivity contribution < 1.29 is 10.4 Å². The van der Waals surface area contributed by atoms with Crippen LogP contribution in [0.5, 0.6) is 0 Å². The monoisotopic (exact) mass is 270 g/mol. The van der Waals surface area contributed by atoms with Gasteiger partial charge in [-0.2, -0.15) is 0 Å². The molecule has 0 amide bonds. The smallest absolute Gasteiger partial charge is 0.0792 e. The number of aromatic nitrogens is 1. The summed E-state index contributed by atoms with van der Waals surface area (Å²) < 4.78 is 0. The second-order valence-corrected chi connectivity index (χ2v) is 4.35. The van der Waals surface area contributed by atoms with Crippen molar-refractivity contribution in [2.24, 2.45) is 0 Å². The number of aromatic amines is 1. The van der Waals surface area contributed by atoms with Gasteiger partial charge < -0.3 is 4.98 Å². The number of hydroxylamine groups is 2. The Morgan fingerprint density at radius 2 is 2.10 bits per heavy atom. The molecule has 0 radical (unpaired) electrons. The minimum Gasteiger partial charge on any atom is -0.361 e. The lowest BCUT2D eigenvalue weighted by Crippen LogP contribution is -2.14. The van der Waals surface area contributed by atoms with Gasteiger partial charge in [-0.15, -0.1) is 5.23 Å². The largest absolute Gasteiger partial charge is 0.361 e. The van der Waals surface area contributed by atoms with Crippen molar-refractivity contribution >= 4 is 16.5 Å². The summed E-state index contributed by atoms with van der Waals surface area (Å²) in [6, 6.07) is 7.89. The van der Waals surface area contributed by atoms with E-state index < -0.39 is 0 Å². The molecule has 0 saturated heterocycles. The summed E-state index contributed by atoms with van der Waals surface area (Å²) in [5.74, 6) is 0. The average Bonchev–Trinajstić information content (AvgIpc) is 2.87. The number of nitrogens with zero attached hydrogens (tertiary/aromatic N) is 1. The second-order valence-electron chi connectivity index (χ2n) is 4.35. The minimum absolute atomic E-state index is 0.185. The quantitative estimate of drug-likeness (QED) is 0.566. The second kappa shape index (κ2) is 6.23. The zero-order valence-electron chi connectivity index (χ0n) is 11.4. The Morgan fingerprint density at radius 3 is 2.75 bits per heavy atom. The normalized spacial score (nSPS) is 12.8. The molecular weight excluding hydrogens is 252 g/mol. The van der Waals surface area contributed by atoms with Gasteiger partial charge in [0.1, 0.15) is 0 Å². The third-order valence-electron chi connectivity index (χ3n) is 3.17. The Balaban J connectivity index is 2.68. The first kappa shape index (κ1) is 14.1. The van der Waals surface area contributed by atoms with Crippen molar-refractivity contribution in [3.63, 3.8) is 0 Å². The van der Waals surface area contributed by atoms with Gasteiger partial charge in [-0.05, 0) is 12.5 Å². The van der Waals surface area contributed by atoms with Crippen molar-refractivity contribution in [2.45, 2.75) is 13.3 Å². The fourth-order valence-electron chi connectivity index (χ4n) is 2.24. The molecule has 1 heterocycles. The van der Waals surface area contributed by atoms with Crippen LogP contribution in [0.4, 0.5) is 0 Å². The molecule has 0 unspecified atom stereocenters. The maximum absolute atomic E-state index is 9.41. The van der Waals surface area contributed by atoms with Crippen LogP contribution >= 0.6 is 0 Å². The zero-order chi connectivity index (χ0) is 14.5. The summed E-state index contributed by atoms with van der Waals surface area (Å²) in [4.78, 5) is 3.19. The van der Waals surface area contributed by atoms with Gasteiger partial charge in [-0.1, -0.05) is 49.9 Å². The van der Waals surface area contributed by atoms with Crippen LogP contribution in [0.2, 0.25) is 0 Å². The fourth-order valence-corrected chi connectivity index (χ4v) is 2.24. The summed E-state index contributed by atoms with van der Waals surface area (Å²) in [5, 5.41) is 20.0. The molecule has 0 atom stereocenters. The standard InChI is InChI=1S/C16H18N2O2/c1-3-5-8-13(16(4-2)18(19)20)14-11-17-15-10-7-6-9-12(14)15/h3,5-11,17,19-20H,1,4H2,2H3/b8-5-,16-13-. The van der Waals surface area contributed by atoms with E-state index in [-0.39, 0.29) is 5.23 Å². The van der Waals surface area contributed by atoms with Crippen LogP contribution in [0.25, 0.3) is 16.5 Å². The number of H-pyrrole nitrogens is 1. The summed E-state index contributed by atoms with van der Waals surface area (Å²) in [6.07, 6.45) is 7.61. The summed E-state index contributed by atoms with van der Waals surface area (Å²) in [5.41, 5.74) is 3.09. The van der Waals surface area contributed by atoms with Crippen molar-refractivity contribution in [1.29, 1.82) is 0 Å². The van der Waals surface area contributed by atoms with Crippen molar-refractivity contribution in [2.75, 3.05) is 0 Å². The lowest BCUT2D eigenvalue weighted by molar-refractivity contribution is -0.279. The van der Waals surface area contributed by atoms with Crippen LogP contribution in [-0.2, 0) is 0 Å². The first-order valence-electron chi connectivity index (χ1n) is 6.45. The first-order valence-corrected chi connectivity index (χ1v) is 6.45. The molecular formula is C16H18N2O2. The molecule has 3 N–H and O–H groups in total. The molecule has 0 aliphatic heterocycles. The lowest BCUT2D eigenvalue weighted by atomic mass is 10.0. The molecule has 2 aromatic rings. The van der Waals surface area contributed by atoms with Crippen LogP contribution in [-0.4, -0.2) is 20.6 Å². The van der Waals surface area contributed by atoms with Gasteiger partial charge in [0.25, 0.3) is 0 Å². The minimum atomic E-state index is 0.185. The summed E-state index contributed by atoms with van der Waals surface area (Å²) in [6.45, 7) is 5.52. The molecule has 0 aliphatic rings. The number of hydrogen-bond acceptors (Lipinski definition) is 3. The highest BCUT2D eigenvalue weighted by atomic mass is 16.8. The summed E-state index contributed by atoms with van der Waals surface area (Å²) >= 11 is 0. The Morgan fingerprint density at radius 1 is 1.35 bits per heavy atom. The van der Waals surface area contributed by atoms with Crippen molar-refractivity contribution in [1.82, 2.24) is 10.2 Å². The number of allylic oxidation sites excluding steroid dienone is 5. The number of para-hydroxylation sites is 1. The molecule has 0 bridgehead atoms. The van der Waals surface area contributed by atoms with Crippen LogP contribution in [0.1, 0.15) is 18.9 Å². The molecule has 0 spiro atoms. The van der Waals surface area contributed by atoms with E-state index in [1.807, 2.05) is 43.5 Å². The first-order chi connectivity index (χ1) is 9.69. The van der Waals surface area contributed by atoms with Crippen LogP contribution in [0.15, 0.2) is 61.0 Å². The average molecular weight is 270 g/mol. The van der Waals surface area contributed by atoms with Gasteiger partial charge in [0.05, 0.1) is 5.70 Å². The third kappa shape index (κ3) is 2.66. The Kier molecular flexibility index (Phi) is 4.40. The molecule has 1 aromatic heterocycles. The highest BCUT2D eigenvalue weighted by Gasteiger charge is 2.13. The van der Waals surface area contributed by atoms with E-state index in [0.29, 0.717) is 12.1 Å². The lowest BCUT2D eigenvalue weighted by Gasteiger charge is -2.15.